The van der Waals surface area contributed by atoms with E-state index in [0.717, 1.165) is 48.6 Å². The Hall–Kier alpha value is -1.32. The summed E-state index contributed by atoms with van der Waals surface area (Å²) in [6.07, 6.45) is 3.87. The van der Waals surface area contributed by atoms with Crippen LogP contribution in [0.2, 0.25) is 0 Å². The van der Waals surface area contributed by atoms with Crippen molar-refractivity contribution in [2.24, 2.45) is 5.92 Å². The van der Waals surface area contributed by atoms with E-state index in [4.69, 9.17) is 4.74 Å². The third kappa shape index (κ3) is 3.84. The van der Waals surface area contributed by atoms with Crippen molar-refractivity contribution in [3.8, 4) is 5.88 Å². The van der Waals surface area contributed by atoms with Gasteiger partial charge in [0.15, 0.2) is 0 Å². The lowest BCUT2D eigenvalue weighted by atomic mass is 9.95. The molecule has 1 heterocycles. The Morgan fingerprint density at radius 2 is 1.95 bits per heavy atom. The topological polar surface area (TPSA) is 47.0 Å². The predicted octanol–water partition coefficient (Wildman–Crippen LogP) is 3.69. The van der Waals surface area contributed by atoms with E-state index in [0.29, 0.717) is 0 Å². The minimum absolute atomic E-state index is 0.0769. The molecule has 0 aromatic carbocycles. The first-order chi connectivity index (χ1) is 9.41. The van der Waals surface area contributed by atoms with Crippen LogP contribution in [0.5, 0.6) is 5.88 Å². The maximum atomic E-state index is 5.92. The minimum Gasteiger partial charge on any atom is -0.477 e. The van der Waals surface area contributed by atoms with Gasteiger partial charge in [0.05, 0.1) is 12.2 Å². The molecule has 0 saturated heterocycles. The van der Waals surface area contributed by atoms with E-state index in [9.17, 15) is 0 Å². The fourth-order valence-corrected chi connectivity index (χ4v) is 2.04. The van der Waals surface area contributed by atoms with E-state index in [2.05, 4.69) is 43.0 Å². The minimum atomic E-state index is -0.0769. The van der Waals surface area contributed by atoms with Crippen LogP contribution in [0.1, 0.15) is 58.3 Å². The normalized spacial score (nSPS) is 15.2. The van der Waals surface area contributed by atoms with Crippen LogP contribution in [0.15, 0.2) is 0 Å². The van der Waals surface area contributed by atoms with Gasteiger partial charge >= 0.3 is 0 Å². The molecule has 1 fully saturated rings. The van der Waals surface area contributed by atoms with Gasteiger partial charge in [-0.1, -0.05) is 33.6 Å². The van der Waals surface area contributed by atoms with Crippen molar-refractivity contribution >= 4 is 5.82 Å². The molecule has 0 spiro atoms. The molecule has 0 unspecified atom stereocenters. The molecular formula is C16H27N3O. The Morgan fingerprint density at radius 1 is 1.25 bits per heavy atom. The van der Waals surface area contributed by atoms with E-state index in [1.54, 1.807) is 0 Å². The molecule has 0 radical (unpaired) electrons. The molecule has 1 N–H and O–H groups in total. The van der Waals surface area contributed by atoms with Gasteiger partial charge in [-0.05, 0) is 26.2 Å². The lowest BCUT2D eigenvalue weighted by molar-refractivity contribution is 0.286. The molecule has 0 atom stereocenters. The zero-order chi connectivity index (χ0) is 14.8. The second kappa shape index (κ2) is 5.98. The van der Waals surface area contributed by atoms with E-state index < -0.39 is 0 Å². The molecule has 1 aromatic rings. The number of hydrogen-bond donors (Lipinski definition) is 1. The Kier molecular flexibility index (Phi) is 4.51. The Bertz CT molecular complexity index is 462. The Labute approximate surface area is 122 Å². The van der Waals surface area contributed by atoms with Crippen molar-refractivity contribution < 1.29 is 4.74 Å². The SMILES string of the molecule is CCNc1nc(C(C)(C)C)nc(OCCC2CC2)c1C. The molecule has 2 rings (SSSR count). The summed E-state index contributed by atoms with van der Waals surface area (Å²) in [4.78, 5) is 9.28. The van der Waals surface area contributed by atoms with Gasteiger partial charge in [0, 0.05) is 12.0 Å². The van der Waals surface area contributed by atoms with Crippen molar-refractivity contribution in [3.63, 3.8) is 0 Å². The lowest BCUT2D eigenvalue weighted by Crippen LogP contribution is -2.19. The average Bonchev–Trinajstić information content (AvgIpc) is 3.16. The largest absolute Gasteiger partial charge is 0.477 e. The number of nitrogens with one attached hydrogen (secondary N) is 1. The van der Waals surface area contributed by atoms with Gasteiger partial charge in [0.2, 0.25) is 5.88 Å². The number of nitrogens with zero attached hydrogens (tertiary/aromatic N) is 2. The van der Waals surface area contributed by atoms with Crippen molar-refractivity contribution in [1.29, 1.82) is 0 Å². The summed E-state index contributed by atoms with van der Waals surface area (Å²) in [5.74, 6) is 3.35. The maximum Gasteiger partial charge on any atom is 0.221 e. The van der Waals surface area contributed by atoms with Crippen molar-refractivity contribution in [2.75, 3.05) is 18.5 Å². The number of rotatable bonds is 6. The van der Waals surface area contributed by atoms with Crippen LogP contribution in [0.3, 0.4) is 0 Å². The molecule has 0 aliphatic heterocycles. The quantitative estimate of drug-likeness (QED) is 0.861. The smallest absolute Gasteiger partial charge is 0.221 e. The summed E-state index contributed by atoms with van der Waals surface area (Å²) < 4.78 is 5.92. The van der Waals surface area contributed by atoms with E-state index in [1.165, 1.54) is 12.8 Å². The van der Waals surface area contributed by atoms with Crippen molar-refractivity contribution in [1.82, 2.24) is 9.97 Å². The Morgan fingerprint density at radius 3 is 2.50 bits per heavy atom. The number of ether oxygens (including phenoxy) is 1. The summed E-state index contributed by atoms with van der Waals surface area (Å²) in [5.41, 5.74) is 0.933. The highest BCUT2D eigenvalue weighted by Gasteiger charge is 2.23. The van der Waals surface area contributed by atoms with E-state index >= 15 is 0 Å². The highest BCUT2D eigenvalue weighted by atomic mass is 16.5. The molecule has 1 aliphatic rings. The number of hydrogen-bond acceptors (Lipinski definition) is 4. The molecule has 1 aromatic heterocycles. The number of aromatic nitrogens is 2. The van der Waals surface area contributed by atoms with Gasteiger partial charge in [-0.15, -0.1) is 0 Å². The zero-order valence-corrected chi connectivity index (χ0v) is 13.4. The molecule has 1 saturated carbocycles. The third-order valence-corrected chi connectivity index (χ3v) is 3.58. The fourth-order valence-electron chi connectivity index (χ4n) is 2.04. The highest BCUT2D eigenvalue weighted by molar-refractivity contribution is 5.49. The molecule has 20 heavy (non-hydrogen) atoms. The second-order valence-corrected chi connectivity index (χ2v) is 6.69. The Balaban J connectivity index is 2.19. The maximum absolute atomic E-state index is 5.92. The molecular weight excluding hydrogens is 250 g/mol. The van der Waals surface area contributed by atoms with Crippen LogP contribution in [0.25, 0.3) is 0 Å². The molecule has 4 nitrogen and oxygen atoms in total. The first-order valence-corrected chi connectivity index (χ1v) is 7.67. The van der Waals surface area contributed by atoms with Gasteiger partial charge in [-0.2, -0.15) is 4.98 Å². The van der Waals surface area contributed by atoms with Crippen LogP contribution in [0, 0.1) is 12.8 Å². The molecule has 1 aliphatic carbocycles. The third-order valence-electron chi connectivity index (χ3n) is 3.58. The van der Waals surface area contributed by atoms with Crippen LogP contribution >= 0.6 is 0 Å². The van der Waals surface area contributed by atoms with Crippen molar-refractivity contribution in [2.45, 2.75) is 59.3 Å². The van der Waals surface area contributed by atoms with Crippen molar-refractivity contribution in [3.05, 3.63) is 11.4 Å². The van der Waals surface area contributed by atoms with Gasteiger partial charge < -0.3 is 10.1 Å². The predicted molar refractivity (Wildman–Crippen MR) is 82.5 cm³/mol. The molecule has 4 heteroatoms. The van der Waals surface area contributed by atoms with Crippen LogP contribution in [-0.2, 0) is 5.41 Å². The fraction of sp³-hybridized carbons (Fsp3) is 0.750. The summed E-state index contributed by atoms with van der Waals surface area (Å²) in [5, 5.41) is 3.31. The monoisotopic (exact) mass is 277 g/mol. The highest BCUT2D eigenvalue weighted by Crippen LogP contribution is 2.33. The van der Waals surface area contributed by atoms with Gasteiger partial charge in [-0.3, -0.25) is 0 Å². The zero-order valence-electron chi connectivity index (χ0n) is 13.4. The summed E-state index contributed by atoms with van der Waals surface area (Å²) in [6.45, 7) is 12.1. The van der Waals surface area contributed by atoms with E-state index in [-0.39, 0.29) is 5.41 Å². The molecule has 0 amide bonds. The van der Waals surface area contributed by atoms with Gasteiger partial charge in [0.25, 0.3) is 0 Å². The van der Waals surface area contributed by atoms with Crippen LogP contribution in [0.4, 0.5) is 5.82 Å². The second-order valence-electron chi connectivity index (χ2n) is 6.69. The average molecular weight is 277 g/mol. The van der Waals surface area contributed by atoms with Crippen LogP contribution in [-0.4, -0.2) is 23.1 Å². The first-order valence-electron chi connectivity index (χ1n) is 7.67. The summed E-state index contributed by atoms with van der Waals surface area (Å²) in [6, 6.07) is 0. The van der Waals surface area contributed by atoms with Gasteiger partial charge in [-0.25, -0.2) is 4.98 Å². The summed E-state index contributed by atoms with van der Waals surface area (Å²) in [7, 11) is 0. The van der Waals surface area contributed by atoms with Gasteiger partial charge in [0.1, 0.15) is 11.6 Å². The van der Waals surface area contributed by atoms with E-state index in [1.807, 2.05) is 6.92 Å². The first kappa shape index (κ1) is 15.1. The molecule has 0 bridgehead atoms. The number of anilines is 1. The standard InChI is InChI=1S/C16H27N3O/c1-6-17-13-11(2)14(20-10-9-12-7-8-12)19-15(18-13)16(3,4)5/h12H,6-10H2,1-5H3,(H,17,18,19). The molecule has 112 valence electrons. The van der Waals surface area contributed by atoms with Crippen LogP contribution < -0.4 is 10.1 Å². The summed E-state index contributed by atoms with van der Waals surface area (Å²) >= 11 is 0. The lowest BCUT2D eigenvalue weighted by Gasteiger charge is -2.20.